The number of piperidine rings is 1. The summed E-state index contributed by atoms with van der Waals surface area (Å²) in [4.78, 5) is 27.6. The largest absolute Gasteiger partial charge is 0.490 e. The molecule has 0 amide bonds. The topological polar surface area (TPSA) is 77.5 Å². The molecule has 5 rings (SSSR count). The first-order chi connectivity index (χ1) is 18.8. The van der Waals surface area contributed by atoms with Crippen molar-refractivity contribution in [3.05, 3.63) is 100 Å². The Kier molecular flexibility index (Phi) is 7.18. The van der Waals surface area contributed by atoms with E-state index in [0.717, 1.165) is 36.2 Å². The van der Waals surface area contributed by atoms with Crippen LogP contribution in [0.25, 0.3) is 27.5 Å². The van der Waals surface area contributed by atoms with Crippen LogP contribution in [0.3, 0.4) is 0 Å². The third-order valence-electron chi connectivity index (χ3n) is 6.88. The summed E-state index contributed by atoms with van der Waals surface area (Å²) in [7, 11) is 2.14. The maximum absolute atomic E-state index is 12.8. The fourth-order valence-electron chi connectivity index (χ4n) is 4.53. The molecule has 1 saturated heterocycles. The molecular weight excluding hydrogens is 476 g/mol. The number of hydrogen-bond donors (Lipinski definition) is 0. The summed E-state index contributed by atoms with van der Waals surface area (Å²) in [6, 6.07) is 15.8. The van der Waals surface area contributed by atoms with Gasteiger partial charge in [-0.1, -0.05) is 36.4 Å². The molecular formula is C30H30N6O2. The summed E-state index contributed by atoms with van der Waals surface area (Å²) in [6.07, 6.45) is 5.61. The van der Waals surface area contributed by atoms with Crippen LogP contribution in [0, 0.1) is 12.5 Å². The molecule has 4 aromatic rings. The van der Waals surface area contributed by atoms with Crippen molar-refractivity contribution in [1.29, 1.82) is 0 Å². The smallest absolute Gasteiger partial charge is 0.267 e. The molecule has 1 fully saturated rings. The molecule has 0 N–H and O–H groups in total. The maximum Gasteiger partial charge on any atom is 0.267 e. The van der Waals surface area contributed by atoms with E-state index >= 15 is 0 Å². The van der Waals surface area contributed by atoms with Gasteiger partial charge < -0.3 is 9.64 Å². The van der Waals surface area contributed by atoms with Crippen molar-refractivity contribution in [1.82, 2.24) is 24.6 Å². The molecule has 38 heavy (non-hydrogen) atoms. The van der Waals surface area contributed by atoms with Gasteiger partial charge >= 0.3 is 0 Å². The quantitative estimate of drug-likeness (QED) is 0.318. The van der Waals surface area contributed by atoms with Crippen molar-refractivity contribution in [2.75, 3.05) is 26.7 Å². The Bertz CT molecular complexity index is 1550. The molecule has 2 aromatic heterocycles. The number of benzene rings is 2. The van der Waals surface area contributed by atoms with Gasteiger partial charge in [0.2, 0.25) is 0 Å². The molecule has 0 saturated carbocycles. The van der Waals surface area contributed by atoms with Gasteiger partial charge in [0.15, 0.2) is 17.3 Å². The van der Waals surface area contributed by atoms with Gasteiger partial charge in [-0.3, -0.25) is 4.79 Å². The second-order valence-corrected chi connectivity index (χ2v) is 9.60. The van der Waals surface area contributed by atoms with E-state index in [1.807, 2.05) is 24.3 Å². The normalized spacial score (nSPS) is 16.3. The van der Waals surface area contributed by atoms with Crippen LogP contribution in [0.15, 0.2) is 77.9 Å². The Balaban J connectivity index is 1.36. The lowest BCUT2D eigenvalue weighted by atomic mass is 9.98. The van der Waals surface area contributed by atoms with E-state index in [9.17, 15) is 4.79 Å². The summed E-state index contributed by atoms with van der Waals surface area (Å²) in [5.41, 5.74) is 2.58. The highest BCUT2D eigenvalue weighted by Gasteiger charge is 2.18. The van der Waals surface area contributed by atoms with Gasteiger partial charge in [0, 0.05) is 11.6 Å². The Morgan fingerprint density at radius 3 is 2.58 bits per heavy atom. The van der Waals surface area contributed by atoms with Gasteiger partial charge in [0.1, 0.15) is 0 Å². The summed E-state index contributed by atoms with van der Waals surface area (Å²) >= 11 is 0. The third-order valence-corrected chi connectivity index (χ3v) is 6.88. The third kappa shape index (κ3) is 5.79. The Morgan fingerprint density at radius 1 is 1.08 bits per heavy atom. The Morgan fingerprint density at radius 2 is 1.82 bits per heavy atom. The van der Waals surface area contributed by atoms with E-state index in [1.54, 1.807) is 49.6 Å². The number of hydrogen-bond acceptors (Lipinski definition) is 6. The van der Waals surface area contributed by atoms with E-state index in [4.69, 9.17) is 12.7 Å². The van der Waals surface area contributed by atoms with Crippen LogP contribution in [0.4, 0.5) is 5.69 Å². The maximum atomic E-state index is 12.8. The number of aromatic nitrogens is 4. The zero-order valence-electron chi connectivity index (χ0n) is 22.5. The van der Waals surface area contributed by atoms with Crippen LogP contribution >= 0.6 is 0 Å². The van der Waals surface area contributed by atoms with E-state index in [0.29, 0.717) is 46.6 Å². The van der Waals surface area contributed by atoms with E-state index in [-0.39, 0.29) is 0 Å². The first kappa shape index (κ1) is 24.0. The first-order valence-corrected chi connectivity index (χ1v) is 12.7. The molecule has 0 spiro atoms. The Hall–Kier alpha value is -4.35. The van der Waals surface area contributed by atoms with Gasteiger partial charge in [0.25, 0.3) is 5.56 Å². The highest BCUT2D eigenvalue weighted by Crippen LogP contribution is 2.25. The summed E-state index contributed by atoms with van der Waals surface area (Å²) in [6.45, 7) is 11.7. The fraction of sp³-hybridized carbons (Fsp3) is 0.300. The minimum Gasteiger partial charge on any atom is -0.490 e. The summed E-state index contributed by atoms with van der Waals surface area (Å²) in [5.74, 6) is 1.68. The number of ether oxygens (including phenoxy) is 1. The van der Waals surface area contributed by atoms with Gasteiger partial charge in [-0.2, -0.15) is 5.10 Å². The lowest BCUT2D eigenvalue weighted by Crippen LogP contribution is -2.32. The SMILES string of the molecule is [2H]C(C)(c1cccc(-c2ncc(OCC3CCN(C)CC3)cn2)c1)n1nc(-c2cccc([N+]#[C-])c2)ccc1=O. The molecule has 1 aliphatic rings. The molecule has 1 aliphatic heterocycles. The molecule has 8 heteroatoms. The van der Waals surface area contributed by atoms with Gasteiger partial charge in [0.05, 0.1) is 38.7 Å². The average molecular weight is 508 g/mol. The highest BCUT2D eigenvalue weighted by atomic mass is 16.5. The Labute approximate surface area is 223 Å². The molecule has 1 atom stereocenters. The lowest BCUT2D eigenvalue weighted by molar-refractivity contribution is 0.159. The summed E-state index contributed by atoms with van der Waals surface area (Å²) < 4.78 is 16.2. The van der Waals surface area contributed by atoms with Gasteiger partial charge in [-0.15, -0.1) is 0 Å². The van der Waals surface area contributed by atoms with Crippen LogP contribution in [-0.4, -0.2) is 51.4 Å². The van der Waals surface area contributed by atoms with Crippen molar-refractivity contribution in [3.8, 4) is 28.4 Å². The molecule has 2 aromatic carbocycles. The van der Waals surface area contributed by atoms with Crippen molar-refractivity contribution >= 4 is 5.69 Å². The predicted molar refractivity (Wildman–Crippen MR) is 147 cm³/mol. The van der Waals surface area contributed by atoms with Gasteiger partial charge in [-0.25, -0.2) is 19.5 Å². The van der Waals surface area contributed by atoms with Crippen molar-refractivity contribution in [2.24, 2.45) is 5.92 Å². The summed E-state index contributed by atoms with van der Waals surface area (Å²) in [5, 5.41) is 4.51. The zero-order chi connectivity index (χ0) is 27.4. The molecule has 3 heterocycles. The zero-order valence-corrected chi connectivity index (χ0v) is 21.5. The second-order valence-electron chi connectivity index (χ2n) is 9.60. The van der Waals surface area contributed by atoms with Crippen molar-refractivity contribution < 1.29 is 6.11 Å². The van der Waals surface area contributed by atoms with Gasteiger partial charge in [-0.05, 0) is 75.1 Å². The molecule has 0 radical (unpaired) electrons. The first-order valence-electron chi connectivity index (χ1n) is 13.2. The van der Waals surface area contributed by atoms with Crippen molar-refractivity contribution in [3.63, 3.8) is 0 Å². The van der Waals surface area contributed by atoms with E-state index in [2.05, 4.69) is 31.9 Å². The predicted octanol–water partition coefficient (Wildman–Crippen LogP) is 5.25. The van der Waals surface area contributed by atoms with E-state index in [1.165, 1.54) is 6.07 Å². The lowest BCUT2D eigenvalue weighted by Gasteiger charge is -2.28. The minimum absolute atomic E-state index is 0.398. The number of likely N-dealkylation sites (tertiary alicyclic amines) is 1. The van der Waals surface area contributed by atoms with Crippen molar-refractivity contribution in [2.45, 2.75) is 25.8 Å². The molecule has 8 nitrogen and oxygen atoms in total. The average Bonchev–Trinajstić information content (AvgIpc) is 2.97. The molecule has 0 bridgehead atoms. The molecule has 1 unspecified atom stereocenters. The fourth-order valence-corrected chi connectivity index (χ4v) is 4.53. The number of nitrogens with zero attached hydrogens (tertiary/aromatic N) is 6. The molecule has 0 aliphatic carbocycles. The second kappa shape index (κ2) is 11.4. The minimum atomic E-state index is -1.50. The molecule has 192 valence electrons. The van der Waals surface area contributed by atoms with Crippen LogP contribution < -0.4 is 10.3 Å². The monoisotopic (exact) mass is 507 g/mol. The van der Waals surface area contributed by atoms with Crippen LogP contribution in [0.2, 0.25) is 0 Å². The standard InChI is InChI=1S/C30H30N6O2/c1-21(36-29(37)11-10-28(34-36)24-7-5-9-26(17-24)31-2)23-6-4-8-25(16-23)30-32-18-27(19-33-30)38-20-22-12-14-35(3)15-13-22/h4-11,16-19,21-22H,12-15,20H2,1,3H3/i21D. The van der Waals surface area contributed by atoms with E-state index < -0.39 is 11.6 Å². The number of rotatable bonds is 7. The van der Waals surface area contributed by atoms with Crippen LogP contribution in [0.5, 0.6) is 5.75 Å². The van der Waals surface area contributed by atoms with Crippen LogP contribution in [0.1, 0.15) is 32.7 Å². The van der Waals surface area contributed by atoms with Crippen LogP contribution in [-0.2, 0) is 0 Å². The highest BCUT2D eigenvalue weighted by molar-refractivity contribution is 5.65.